The summed E-state index contributed by atoms with van der Waals surface area (Å²) in [7, 11) is 6.14. The lowest BCUT2D eigenvalue weighted by Gasteiger charge is -2.40. The molecule has 3 aromatic heterocycles. The first kappa shape index (κ1) is 30.7. The number of benzene rings is 2. The molecule has 10 nitrogen and oxygen atoms in total. The molecule has 0 radical (unpaired) electrons. The highest BCUT2D eigenvalue weighted by Crippen LogP contribution is 2.36. The molecule has 1 aliphatic rings. The van der Waals surface area contributed by atoms with Crippen LogP contribution >= 0.6 is 0 Å². The fraction of sp³-hybridized carbons (Fsp3) is 0.294. The van der Waals surface area contributed by atoms with Crippen LogP contribution in [0.15, 0.2) is 95.8 Å². The summed E-state index contributed by atoms with van der Waals surface area (Å²) in [5.41, 5.74) is 4.42. The molecule has 3 N–H and O–H groups in total. The number of nitrogens with zero attached hydrogens (tertiary/aromatic N) is 5. The molecule has 45 heavy (non-hydrogen) atoms. The third kappa shape index (κ3) is 5.57. The number of fused-ring (bicyclic) bond motifs is 2. The lowest BCUT2D eigenvalue weighted by molar-refractivity contribution is 0.283. The predicted molar refractivity (Wildman–Crippen MR) is 182 cm³/mol. The fourth-order valence-corrected chi connectivity index (χ4v) is 7.39. The van der Waals surface area contributed by atoms with Crippen LogP contribution in [0, 0.1) is 6.92 Å². The summed E-state index contributed by atoms with van der Waals surface area (Å²) in [5, 5.41) is 12.0. The van der Waals surface area contributed by atoms with Crippen LogP contribution in [0.1, 0.15) is 12.0 Å². The first-order chi connectivity index (χ1) is 21.6. The molecule has 0 amide bonds. The van der Waals surface area contributed by atoms with Gasteiger partial charge in [0.05, 0.1) is 16.1 Å². The van der Waals surface area contributed by atoms with E-state index in [1.807, 2.05) is 52.5 Å². The second-order valence-electron chi connectivity index (χ2n) is 11.9. The fourth-order valence-electron chi connectivity index (χ4n) is 6.09. The van der Waals surface area contributed by atoms with Crippen LogP contribution < -0.4 is 16.0 Å². The van der Waals surface area contributed by atoms with Crippen molar-refractivity contribution in [3.63, 3.8) is 0 Å². The largest absolute Gasteiger partial charge is 0.350 e. The average molecular weight is 625 g/mol. The normalized spacial score (nSPS) is 18.6. The smallest absolute Gasteiger partial charge is 0.269 e. The van der Waals surface area contributed by atoms with Crippen LogP contribution in [0.5, 0.6) is 0 Å². The maximum absolute atomic E-state index is 13.9. The minimum absolute atomic E-state index is 0.0120. The zero-order valence-electron chi connectivity index (χ0n) is 26.5. The first-order valence-corrected chi connectivity index (χ1v) is 16.4. The van der Waals surface area contributed by atoms with Gasteiger partial charge < -0.3 is 25.4 Å². The Morgan fingerprint density at radius 3 is 2.47 bits per heavy atom. The molecule has 0 saturated heterocycles. The van der Waals surface area contributed by atoms with Gasteiger partial charge in [0.2, 0.25) is 5.95 Å². The van der Waals surface area contributed by atoms with Gasteiger partial charge in [-0.2, -0.15) is 4.98 Å². The number of aromatic nitrogens is 4. The van der Waals surface area contributed by atoms with Gasteiger partial charge in [-0.05, 0) is 84.5 Å². The van der Waals surface area contributed by atoms with Crippen molar-refractivity contribution >= 4 is 37.9 Å². The molecule has 2 aromatic carbocycles. The third-order valence-electron chi connectivity index (χ3n) is 8.71. The molecule has 1 aliphatic carbocycles. The van der Waals surface area contributed by atoms with E-state index in [0.29, 0.717) is 22.7 Å². The lowest BCUT2D eigenvalue weighted by atomic mass is 9.82. The highest BCUT2D eigenvalue weighted by molar-refractivity contribution is 7.90. The van der Waals surface area contributed by atoms with Crippen molar-refractivity contribution in [3.8, 4) is 11.3 Å². The minimum Gasteiger partial charge on any atom is -0.350 e. The van der Waals surface area contributed by atoms with E-state index in [2.05, 4.69) is 63.8 Å². The summed E-state index contributed by atoms with van der Waals surface area (Å²) in [6.45, 7) is 2.85. The van der Waals surface area contributed by atoms with Crippen molar-refractivity contribution in [3.05, 3.63) is 96.5 Å². The molecular formula is C34H40N8O2S. The van der Waals surface area contributed by atoms with E-state index in [1.54, 1.807) is 36.5 Å². The number of rotatable bonds is 10. The monoisotopic (exact) mass is 624 g/mol. The van der Waals surface area contributed by atoms with E-state index in [-0.39, 0.29) is 16.5 Å². The Labute approximate surface area is 264 Å². The third-order valence-corrected chi connectivity index (χ3v) is 10.4. The Bertz CT molecular complexity index is 2040. The standard InChI is InChI=1S/C34H40N8O2S/c1-23-11-13-25(14-12-23)45(43,44)42-19-16-27-31(28-22-41(6)29-10-8-7-9-26(28)29)38-33(39-32(27)42)37-24-15-17-34(36-3,18-20-40(4)5)30(21-24)35-2/h7-17,19,21-22,30,35-36H,18,20H2,1-6H3,(H,37,38,39). The molecular weight excluding hydrogens is 584 g/mol. The van der Waals surface area contributed by atoms with Gasteiger partial charge in [0, 0.05) is 53.0 Å². The number of allylic oxidation sites excluding steroid dienone is 1. The van der Waals surface area contributed by atoms with Gasteiger partial charge in [-0.25, -0.2) is 17.4 Å². The Morgan fingerprint density at radius 2 is 1.76 bits per heavy atom. The molecule has 0 spiro atoms. The van der Waals surface area contributed by atoms with Gasteiger partial charge in [0.25, 0.3) is 10.0 Å². The Balaban J connectivity index is 1.49. The van der Waals surface area contributed by atoms with Gasteiger partial charge in [0.1, 0.15) is 0 Å². The Morgan fingerprint density at radius 1 is 1.00 bits per heavy atom. The second kappa shape index (κ2) is 11.9. The zero-order chi connectivity index (χ0) is 31.9. The number of para-hydroxylation sites is 1. The van der Waals surface area contributed by atoms with Crippen LogP contribution in [0.4, 0.5) is 5.95 Å². The molecule has 11 heteroatoms. The summed E-state index contributed by atoms with van der Waals surface area (Å²) >= 11 is 0. The van der Waals surface area contributed by atoms with Crippen LogP contribution in [-0.2, 0) is 17.1 Å². The predicted octanol–water partition coefficient (Wildman–Crippen LogP) is 4.50. The Hall–Kier alpha value is -4.29. The van der Waals surface area contributed by atoms with Gasteiger partial charge in [-0.3, -0.25) is 0 Å². The quantitative estimate of drug-likeness (QED) is 0.209. The van der Waals surface area contributed by atoms with E-state index >= 15 is 0 Å². The van der Waals surface area contributed by atoms with Gasteiger partial charge in [-0.1, -0.05) is 42.0 Å². The lowest BCUT2D eigenvalue weighted by Crippen LogP contribution is -2.58. The highest BCUT2D eigenvalue weighted by Gasteiger charge is 2.35. The van der Waals surface area contributed by atoms with Crippen LogP contribution in [-0.4, -0.2) is 78.1 Å². The SMILES string of the molecule is CNC1C=C(Nc2nc(-c3cn(C)c4ccccc34)c3ccn(S(=O)(=O)c4ccc(C)cc4)c3n2)C=CC1(CCN(C)C)NC. The topological polar surface area (TPSA) is 109 Å². The van der Waals surface area contributed by atoms with E-state index < -0.39 is 10.0 Å². The summed E-state index contributed by atoms with van der Waals surface area (Å²) in [5.74, 6) is 0.306. The summed E-state index contributed by atoms with van der Waals surface area (Å²) < 4.78 is 31.1. The maximum Gasteiger partial charge on any atom is 0.269 e. The van der Waals surface area contributed by atoms with Gasteiger partial charge >= 0.3 is 0 Å². The van der Waals surface area contributed by atoms with Crippen molar-refractivity contribution < 1.29 is 8.42 Å². The van der Waals surface area contributed by atoms with Crippen molar-refractivity contribution in [1.82, 2.24) is 34.0 Å². The second-order valence-corrected chi connectivity index (χ2v) is 13.7. The van der Waals surface area contributed by atoms with Crippen LogP contribution in [0.25, 0.3) is 33.2 Å². The van der Waals surface area contributed by atoms with E-state index in [9.17, 15) is 8.42 Å². The molecule has 2 unspecified atom stereocenters. The van der Waals surface area contributed by atoms with Crippen LogP contribution in [0.3, 0.4) is 0 Å². The zero-order valence-corrected chi connectivity index (χ0v) is 27.4. The molecule has 6 rings (SSSR count). The summed E-state index contributed by atoms with van der Waals surface area (Å²) in [6, 6.07) is 16.7. The van der Waals surface area contributed by atoms with Crippen molar-refractivity contribution in [2.45, 2.75) is 29.8 Å². The average Bonchev–Trinajstić information content (AvgIpc) is 3.62. The van der Waals surface area contributed by atoms with Crippen molar-refractivity contribution in [2.75, 3.05) is 40.1 Å². The number of hydrogen-bond donors (Lipinski definition) is 3. The summed E-state index contributed by atoms with van der Waals surface area (Å²) in [4.78, 5) is 12.2. The molecule has 3 heterocycles. The van der Waals surface area contributed by atoms with Crippen molar-refractivity contribution in [2.24, 2.45) is 7.05 Å². The maximum atomic E-state index is 13.9. The molecule has 234 valence electrons. The van der Waals surface area contributed by atoms with Crippen LogP contribution in [0.2, 0.25) is 0 Å². The molecule has 5 aromatic rings. The molecule has 0 aliphatic heterocycles. The highest BCUT2D eigenvalue weighted by atomic mass is 32.2. The van der Waals surface area contributed by atoms with Gasteiger partial charge in [0.15, 0.2) is 5.65 Å². The van der Waals surface area contributed by atoms with Gasteiger partial charge in [-0.15, -0.1) is 0 Å². The number of anilines is 1. The van der Waals surface area contributed by atoms with E-state index in [4.69, 9.17) is 9.97 Å². The molecule has 0 saturated carbocycles. The summed E-state index contributed by atoms with van der Waals surface area (Å²) in [6.07, 6.45) is 10.8. The van der Waals surface area contributed by atoms with E-state index in [1.165, 1.54) is 3.97 Å². The number of likely N-dealkylation sites (N-methyl/N-ethyl adjacent to an activating group) is 2. The Kier molecular flexibility index (Phi) is 8.13. The minimum atomic E-state index is -3.93. The molecule has 0 fully saturated rings. The molecule has 2 atom stereocenters. The van der Waals surface area contributed by atoms with E-state index in [0.717, 1.165) is 40.7 Å². The van der Waals surface area contributed by atoms with Crippen molar-refractivity contribution in [1.29, 1.82) is 0 Å². The molecule has 0 bridgehead atoms. The first-order valence-electron chi connectivity index (χ1n) is 15.0. The number of aryl methyl sites for hydroxylation is 2. The number of hydrogen-bond acceptors (Lipinski definition) is 8. The number of nitrogens with one attached hydrogen (secondary N) is 3.